The molecule has 1 aliphatic rings. The van der Waals surface area contributed by atoms with Gasteiger partial charge in [-0.15, -0.1) is 0 Å². The second-order valence-electron chi connectivity index (χ2n) is 4.10. The molecule has 0 bridgehead atoms. The van der Waals surface area contributed by atoms with Gasteiger partial charge >= 0.3 is 0 Å². The molecule has 2 heterocycles. The van der Waals surface area contributed by atoms with Crippen molar-refractivity contribution in [3.63, 3.8) is 0 Å². The zero-order valence-corrected chi connectivity index (χ0v) is 9.34. The molecule has 4 nitrogen and oxygen atoms in total. The van der Waals surface area contributed by atoms with E-state index in [1.54, 1.807) is 28.2 Å². The lowest BCUT2D eigenvalue weighted by atomic mass is 10.2. The average molecular weight is 225 g/mol. The fraction of sp³-hybridized carbons (Fsp3) is 0.636. The Labute approximate surface area is 94.1 Å². The first-order chi connectivity index (χ1) is 7.72. The molecule has 0 aromatic carbocycles. The topological polar surface area (TPSA) is 38.1 Å². The first-order valence-corrected chi connectivity index (χ1v) is 5.62. The van der Waals surface area contributed by atoms with Crippen LogP contribution >= 0.6 is 0 Å². The van der Waals surface area contributed by atoms with Crippen LogP contribution in [0.25, 0.3) is 0 Å². The monoisotopic (exact) mass is 225 g/mol. The summed E-state index contributed by atoms with van der Waals surface area (Å²) in [4.78, 5) is 17.7. The smallest absolute Gasteiger partial charge is 0.245 e. The molecule has 2 rings (SSSR count). The number of likely N-dealkylation sites (tertiary alicyclic amines) is 1. The summed E-state index contributed by atoms with van der Waals surface area (Å²) >= 11 is 0. The van der Waals surface area contributed by atoms with Crippen LogP contribution in [0.1, 0.15) is 25.8 Å². The number of nitrogens with zero attached hydrogens (tertiary/aromatic N) is 3. The Kier molecular flexibility index (Phi) is 3.22. The minimum absolute atomic E-state index is 0.000602. The van der Waals surface area contributed by atoms with Crippen LogP contribution in [0.5, 0.6) is 0 Å². The number of hydrogen-bond donors (Lipinski definition) is 0. The number of hydrogen-bond acceptors (Lipinski definition) is 2. The number of rotatable bonds is 3. The lowest BCUT2D eigenvalue weighted by Crippen LogP contribution is -2.35. The standard InChI is InChI=1S/C11H16FN3O/c1-2-10(15-6-4-13-8-15)11(16)14-5-3-9(12)7-14/h4,6,8-10H,2-3,5,7H2,1H3/t9-,10?/m1/s1. The Morgan fingerprint density at radius 3 is 3.00 bits per heavy atom. The van der Waals surface area contributed by atoms with Crippen molar-refractivity contribution in [2.75, 3.05) is 13.1 Å². The van der Waals surface area contributed by atoms with Crippen molar-refractivity contribution < 1.29 is 9.18 Å². The molecule has 1 aromatic rings. The van der Waals surface area contributed by atoms with Crippen LogP contribution in [-0.4, -0.2) is 39.6 Å². The summed E-state index contributed by atoms with van der Waals surface area (Å²) in [6.45, 7) is 2.72. The van der Waals surface area contributed by atoms with E-state index in [1.807, 2.05) is 6.92 Å². The maximum atomic E-state index is 13.0. The molecule has 0 spiro atoms. The number of carbonyl (C=O) groups is 1. The lowest BCUT2D eigenvalue weighted by molar-refractivity contribution is -0.134. The van der Waals surface area contributed by atoms with Crippen molar-refractivity contribution in [1.29, 1.82) is 0 Å². The third-order valence-electron chi connectivity index (χ3n) is 3.00. The average Bonchev–Trinajstić information content (AvgIpc) is 2.90. The molecule has 1 aromatic heterocycles. The van der Waals surface area contributed by atoms with Gasteiger partial charge in [-0.1, -0.05) is 6.92 Å². The number of aromatic nitrogens is 2. The minimum Gasteiger partial charge on any atom is -0.338 e. The first kappa shape index (κ1) is 11.1. The van der Waals surface area contributed by atoms with Crippen LogP contribution in [0.3, 0.4) is 0 Å². The van der Waals surface area contributed by atoms with Gasteiger partial charge in [-0.25, -0.2) is 9.37 Å². The summed E-state index contributed by atoms with van der Waals surface area (Å²) in [5, 5.41) is 0. The van der Waals surface area contributed by atoms with Crippen LogP contribution in [0.4, 0.5) is 4.39 Å². The number of halogens is 1. The Hall–Kier alpha value is -1.39. The quantitative estimate of drug-likeness (QED) is 0.780. The van der Waals surface area contributed by atoms with E-state index >= 15 is 0 Å². The molecular weight excluding hydrogens is 209 g/mol. The maximum Gasteiger partial charge on any atom is 0.245 e. The van der Waals surface area contributed by atoms with E-state index in [2.05, 4.69) is 4.98 Å². The third kappa shape index (κ3) is 2.08. The van der Waals surface area contributed by atoms with Gasteiger partial charge in [-0.3, -0.25) is 4.79 Å². The summed E-state index contributed by atoms with van der Waals surface area (Å²) in [6, 6.07) is -0.243. The van der Waals surface area contributed by atoms with Crippen LogP contribution in [0, 0.1) is 0 Å². The van der Waals surface area contributed by atoms with E-state index in [9.17, 15) is 9.18 Å². The highest BCUT2D eigenvalue weighted by Crippen LogP contribution is 2.19. The van der Waals surface area contributed by atoms with Crippen LogP contribution in [0.15, 0.2) is 18.7 Å². The second-order valence-corrected chi connectivity index (χ2v) is 4.10. The van der Waals surface area contributed by atoms with Crippen LogP contribution < -0.4 is 0 Å². The van der Waals surface area contributed by atoms with E-state index in [1.165, 1.54) is 0 Å². The Morgan fingerprint density at radius 2 is 2.50 bits per heavy atom. The Balaban J connectivity index is 2.07. The van der Waals surface area contributed by atoms with Crippen molar-refractivity contribution in [2.45, 2.75) is 32.0 Å². The highest BCUT2D eigenvalue weighted by atomic mass is 19.1. The van der Waals surface area contributed by atoms with Gasteiger partial charge in [-0.2, -0.15) is 0 Å². The molecule has 0 saturated carbocycles. The molecule has 1 aliphatic heterocycles. The van der Waals surface area contributed by atoms with Gasteiger partial charge < -0.3 is 9.47 Å². The molecule has 0 N–H and O–H groups in total. The van der Waals surface area contributed by atoms with E-state index < -0.39 is 6.17 Å². The highest BCUT2D eigenvalue weighted by Gasteiger charge is 2.30. The molecule has 88 valence electrons. The van der Waals surface area contributed by atoms with Gasteiger partial charge in [0, 0.05) is 18.9 Å². The van der Waals surface area contributed by atoms with Crippen LogP contribution in [-0.2, 0) is 4.79 Å². The van der Waals surface area contributed by atoms with E-state index in [0.717, 1.165) is 0 Å². The predicted octanol–water partition coefficient (Wildman–Crippen LogP) is 1.40. The normalized spacial score (nSPS) is 22.4. The summed E-state index contributed by atoms with van der Waals surface area (Å²) in [5.74, 6) is 0.000602. The molecule has 1 unspecified atom stereocenters. The van der Waals surface area contributed by atoms with E-state index in [0.29, 0.717) is 19.4 Å². The molecule has 5 heteroatoms. The summed E-state index contributed by atoms with van der Waals surface area (Å²) in [7, 11) is 0. The van der Waals surface area contributed by atoms with Gasteiger partial charge in [0.2, 0.25) is 5.91 Å². The predicted molar refractivity (Wildman–Crippen MR) is 57.6 cm³/mol. The first-order valence-electron chi connectivity index (χ1n) is 5.62. The number of carbonyl (C=O) groups excluding carboxylic acids is 1. The van der Waals surface area contributed by atoms with Crippen molar-refractivity contribution >= 4 is 5.91 Å². The van der Waals surface area contributed by atoms with Crippen molar-refractivity contribution in [3.05, 3.63) is 18.7 Å². The second kappa shape index (κ2) is 4.63. The molecule has 1 saturated heterocycles. The number of imidazole rings is 1. The molecular formula is C11H16FN3O. The molecule has 16 heavy (non-hydrogen) atoms. The summed E-state index contributed by atoms with van der Waals surface area (Å²) in [6.07, 6.45) is 5.36. The molecule has 1 amide bonds. The highest BCUT2D eigenvalue weighted by molar-refractivity contribution is 5.80. The Bertz CT molecular complexity index is 352. The van der Waals surface area contributed by atoms with Crippen molar-refractivity contribution in [2.24, 2.45) is 0 Å². The van der Waals surface area contributed by atoms with Crippen molar-refractivity contribution in [1.82, 2.24) is 14.5 Å². The SMILES string of the molecule is CCC(C(=O)N1CC[C@@H](F)C1)n1ccnc1. The summed E-state index contributed by atoms with van der Waals surface area (Å²) < 4.78 is 14.8. The Morgan fingerprint density at radius 1 is 1.69 bits per heavy atom. The van der Waals surface area contributed by atoms with Gasteiger partial charge in [0.05, 0.1) is 12.9 Å². The largest absolute Gasteiger partial charge is 0.338 e. The number of alkyl halides is 1. The van der Waals surface area contributed by atoms with E-state index in [4.69, 9.17) is 0 Å². The van der Waals surface area contributed by atoms with Gasteiger partial charge in [0.1, 0.15) is 12.2 Å². The van der Waals surface area contributed by atoms with Crippen molar-refractivity contribution in [3.8, 4) is 0 Å². The van der Waals surface area contributed by atoms with Gasteiger partial charge in [0.25, 0.3) is 0 Å². The molecule has 2 atom stereocenters. The zero-order chi connectivity index (χ0) is 11.5. The number of amides is 1. The molecule has 1 fully saturated rings. The molecule has 0 radical (unpaired) electrons. The zero-order valence-electron chi connectivity index (χ0n) is 9.34. The minimum atomic E-state index is -0.857. The summed E-state index contributed by atoms with van der Waals surface area (Å²) in [5.41, 5.74) is 0. The fourth-order valence-corrected chi connectivity index (χ4v) is 2.10. The van der Waals surface area contributed by atoms with E-state index in [-0.39, 0.29) is 18.5 Å². The van der Waals surface area contributed by atoms with Gasteiger partial charge in [0.15, 0.2) is 0 Å². The van der Waals surface area contributed by atoms with Gasteiger partial charge in [-0.05, 0) is 12.8 Å². The fourth-order valence-electron chi connectivity index (χ4n) is 2.10. The van der Waals surface area contributed by atoms with Crippen LogP contribution in [0.2, 0.25) is 0 Å². The maximum absolute atomic E-state index is 13.0. The third-order valence-corrected chi connectivity index (χ3v) is 3.00. The molecule has 0 aliphatic carbocycles. The lowest BCUT2D eigenvalue weighted by Gasteiger charge is -2.22.